The number of nitrogens with one attached hydrogen (secondary N) is 1. The van der Waals surface area contributed by atoms with Crippen LogP contribution in [-0.4, -0.2) is 25.3 Å². The minimum atomic E-state index is 0.0913. The van der Waals surface area contributed by atoms with Gasteiger partial charge in [0, 0.05) is 12.6 Å². The summed E-state index contributed by atoms with van der Waals surface area (Å²) >= 11 is 0. The van der Waals surface area contributed by atoms with Crippen LogP contribution in [-0.2, 0) is 4.74 Å². The summed E-state index contributed by atoms with van der Waals surface area (Å²) in [5.74, 6) is 0.810. The highest BCUT2D eigenvalue weighted by atomic mass is 16.5. The van der Waals surface area contributed by atoms with Crippen LogP contribution < -0.4 is 5.32 Å². The van der Waals surface area contributed by atoms with E-state index in [4.69, 9.17) is 4.74 Å². The van der Waals surface area contributed by atoms with Gasteiger partial charge in [-0.1, -0.05) is 39.5 Å². The van der Waals surface area contributed by atoms with E-state index in [1.54, 1.807) is 0 Å². The zero-order valence-electron chi connectivity index (χ0n) is 14.8. The van der Waals surface area contributed by atoms with Gasteiger partial charge in [-0.3, -0.25) is 0 Å². The van der Waals surface area contributed by atoms with E-state index >= 15 is 0 Å². The van der Waals surface area contributed by atoms with Gasteiger partial charge >= 0.3 is 0 Å². The van der Waals surface area contributed by atoms with Crippen LogP contribution in [0.15, 0.2) is 0 Å². The first-order valence-corrected chi connectivity index (χ1v) is 9.34. The number of likely N-dealkylation sites (N-methyl/N-ethyl adjacent to an activating group) is 1. The lowest BCUT2D eigenvalue weighted by Gasteiger charge is -2.50. The summed E-state index contributed by atoms with van der Waals surface area (Å²) < 4.78 is 6.45. The Morgan fingerprint density at radius 2 is 1.57 bits per heavy atom. The van der Waals surface area contributed by atoms with E-state index in [0.29, 0.717) is 11.5 Å². The SMILES string of the molecule is CCOC1(C(NC)C2CCCCCC2)CCC(C)(C)CC1. The summed E-state index contributed by atoms with van der Waals surface area (Å²) in [6.07, 6.45) is 13.5. The fraction of sp³-hybridized carbons (Fsp3) is 1.00. The van der Waals surface area contributed by atoms with Gasteiger partial charge in [0.1, 0.15) is 0 Å². The summed E-state index contributed by atoms with van der Waals surface area (Å²) in [5, 5.41) is 3.70. The van der Waals surface area contributed by atoms with E-state index < -0.39 is 0 Å². The Bertz CT molecular complexity index is 295. The number of ether oxygens (including phenoxy) is 1. The van der Waals surface area contributed by atoms with Crippen LogP contribution in [0, 0.1) is 11.3 Å². The van der Waals surface area contributed by atoms with Gasteiger partial charge in [-0.05, 0) is 63.8 Å². The molecule has 0 radical (unpaired) electrons. The highest BCUT2D eigenvalue weighted by molar-refractivity contribution is 5.01. The van der Waals surface area contributed by atoms with Crippen molar-refractivity contribution in [1.82, 2.24) is 5.32 Å². The molecule has 0 spiro atoms. The Morgan fingerprint density at radius 1 is 1.00 bits per heavy atom. The summed E-state index contributed by atoms with van der Waals surface area (Å²) in [6.45, 7) is 7.86. The van der Waals surface area contributed by atoms with Crippen LogP contribution in [0.2, 0.25) is 0 Å². The number of hydrogen-bond donors (Lipinski definition) is 1. The topological polar surface area (TPSA) is 21.3 Å². The normalized spacial score (nSPS) is 28.0. The lowest BCUT2D eigenvalue weighted by atomic mass is 9.65. The Labute approximate surface area is 132 Å². The predicted octanol–water partition coefficient (Wildman–Crippen LogP) is 4.92. The molecule has 124 valence electrons. The first-order valence-electron chi connectivity index (χ1n) is 9.34. The Kier molecular flexibility index (Phi) is 6.14. The molecule has 2 aliphatic carbocycles. The van der Waals surface area contributed by atoms with E-state index in [9.17, 15) is 0 Å². The van der Waals surface area contributed by atoms with Gasteiger partial charge in [0.2, 0.25) is 0 Å². The summed E-state index contributed by atoms with van der Waals surface area (Å²) in [5.41, 5.74) is 0.594. The average Bonchev–Trinajstić information content (AvgIpc) is 2.72. The van der Waals surface area contributed by atoms with Gasteiger partial charge in [0.15, 0.2) is 0 Å². The van der Waals surface area contributed by atoms with Crippen LogP contribution in [0.25, 0.3) is 0 Å². The molecule has 2 fully saturated rings. The van der Waals surface area contributed by atoms with Crippen LogP contribution in [0.4, 0.5) is 0 Å². The van der Waals surface area contributed by atoms with Crippen molar-refractivity contribution in [2.24, 2.45) is 11.3 Å². The van der Waals surface area contributed by atoms with E-state index in [0.717, 1.165) is 12.5 Å². The van der Waals surface area contributed by atoms with Crippen molar-refractivity contribution in [3.63, 3.8) is 0 Å². The number of rotatable bonds is 5. The zero-order valence-corrected chi connectivity index (χ0v) is 14.8. The zero-order chi connectivity index (χ0) is 15.3. The van der Waals surface area contributed by atoms with Crippen LogP contribution in [0.1, 0.15) is 85.0 Å². The third kappa shape index (κ3) is 4.22. The molecule has 1 unspecified atom stereocenters. The summed E-state index contributed by atoms with van der Waals surface area (Å²) in [4.78, 5) is 0. The minimum absolute atomic E-state index is 0.0913. The van der Waals surface area contributed by atoms with E-state index in [1.165, 1.54) is 64.2 Å². The average molecular weight is 296 g/mol. The van der Waals surface area contributed by atoms with Gasteiger partial charge in [-0.25, -0.2) is 0 Å². The molecule has 2 heteroatoms. The smallest absolute Gasteiger partial charge is 0.0837 e. The maximum atomic E-state index is 6.45. The first-order chi connectivity index (χ1) is 10.0. The van der Waals surface area contributed by atoms with Crippen molar-refractivity contribution in [3.8, 4) is 0 Å². The quantitative estimate of drug-likeness (QED) is 0.727. The summed E-state index contributed by atoms with van der Waals surface area (Å²) in [6, 6.07) is 0.548. The largest absolute Gasteiger partial charge is 0.374 e. The molecule has 0 aromatic carbocycles. The molecule has 2 saturated carbocycles. The van der Waals surface area contributed by atoms with E-state index in [1.807, 2.05) is 0 Å². The van der Waals surface area contributed by atoms with Crippen molar-refractivity contribution >= 4 is 0 Å². The van der Waals surface area contributed by atoms with Crippen LogP contribution in [0.5, 0.6) is 0 Å². The predicted molar refractivity (Wildman–Crippen MR) is 90.6 cm³/mol. The molecule has 1 N–H and O–H groups in total. The Balaban J connectivity index is 2.13. The second-order valence-electron chi connectivity index (χ2n) is 8.18. The molecule has 0 heterocycles. The highest BCUT2D eigenvalue weighted by Gasteiger charge is 2.46. The molecular weight excluding hydrogens is 258 g/mol. The van der Waals surface area contributed by atoms with Gasteiger partial charge in [0.05, 0.1) is 5.60 Å². The van der Waals surface area contributed by atoms with Gasteiger partial charge < -0.3 is 10.1 Å². The molecule has 2 rings (SSSR count). The second-order valence-corrected chi connectivity index (χ2v) is 8.18. The molecule has 0 amide bonds. The molecule has 2 nitrogen and oxygen atoms in total. The van der Waals surface area contributed by atoms with Crippen molar-refractivity contribution in [2.45, 2.75) is 96.6 Å². The van der Waals surface area contributed by atoms with Crippen LogP contribution in [0.3, 0.4) is 0 Å². The van der Waals surface area contributed by atoms with Gasteiger partial charge in [-0.2, -0.15) is 0 Å². The Hall–Kier alpha value is -0.0800. The molecular formula is C19H37NO. The standard InChI is InChI=1S/C19H37NO/c1-5-21-19(14-12-18(2,3)13-15-19)17(20-4)16-10-8-6-7-9-11-16/h16-17,20H,5-15H2,1-4H3. The maximum Gasteiger partial charge on any atom is 0.0837 e. The molecule has 1 atom stereocenters. The third-order valence-electron chi connectivity index (χ3n) is 6.13. The number of hydrogen-bond acceptors (Lipinski definition) is 2. The minimum Gasteiger partial charge on any atom is -0.374 e. The van der Waals surface area contributed by atoms with E-state index in [-0.39, 0.29) is 5.60 Å². The second kappa shape index (κ2) is 7.46. The fourth-order valence-electron chi connectivity index (χ4n) is 4.76. The van der Waals surface area contributed by atoms with Crippen molar-refractivity contribution in [2.75, 3.05) is 13.7 Å². The molecule has 0 aliphatic heterocycles. The third-order valence-corrected chi connectivity index (χ3v) is 6.13. The molecule has 0 bridgehead atoms. The molecule has 21 heavy (non-hydrogen) atoms. The first kappa shape index (κ1) is 17.3. The van der Waals surface area contributed by atoms with Crippen molar-refractivity contribution in [3.05, 3.63) is 0 Å². The molecule has 0 aromatic heterocycles. The molecule has 0 saturated heterocycles. The van der Waals surface area contributed by atoms with Crippen molar-refractivity contribution < 1.29 is 4.74 Å². The fourth-order valence-corrected chi connectivity index (χ4v) is 4.76. The van der Waals surface area contributed by atoms with Gasteiger partial charge in [-0.15, -0.1) is 0 Å². The summed E-state index contributed by atoms with van der Waals surface area (Å²) in [7, 11) is 2.16. The van der Waals surface area contributed by atoms with Crippen molar-refractivity contribution in [1.29, 1.82) is 0 Å². The lowest BCUT2D eigenvalue weighted by molar-refractivity contribution is -0.117. The monoisotopic (exact) mass is 295 g/mol. The highest BCUT2D eigenvalue weighted by Crippen LogP contribution is 2.46. The van der Waals surface area contributed by atoms with Crippen LogP contribution >= 0.6 is 0 Å². The van der Waals surface area contributed by atoms with Gasteiger partial charge in [0.25, 0.3) is 0 Å². The van der Waals surface area contributed by atoms with E-state index in [2.05, 4.69) is 33.1 Å². The molecule has 2 aliphatic rings. The Morgan fingerprint density at radius 3 is 2.05 bits per heavy atom. The molecule has 0 aromatic rings. The maximum absolute atomic E-state index is 6.45. The lowest BCUT2D eigenvalue weighted by Crippen LogP contribution is -2.57.